The molecule has 1 aliphatic rings. The van der Waals surface area contributed by atoms with E-state index in [0.29, 0.717) is 10.2 Å². The first-order chi connectivity index (χ1) is 13.1. The minimum absolute atomic E-state index is 0.0642. The van der Waals surface area contributed by atoms with Gasteiger partial charge in [0.15, 0.2) is 4.83 Å². The molecule has 0 aliphatic heterocycles. The quantitative estimate of drug-likeness (QED) is 0.694. The zero-order valence-corrected chi connectivity index (χ0v) is 16.1. The van der Waals surface area contributed by atoms with Crippen LogP contribution in [0.25, 0.3) is 20.7 Å². The molecule has 1 amide bonds. The summed E-state index contributed by atoms with van der Waals surface area (Å²) in [6, 6.07) is 12.0. The molecule has 27 heavy (non-hydrogen) atoms. The second-order valence-corrected chi connectivity index (χ2v) is 8.07. The Balaban J connectivity index is 1.58. The van der Waals surface area contributed by atoms with Gasteiger partial charge in [-0.05, 0) is 24.5 Å². The summed E-state index contributed by atoms with van der Waals surface area (Å²) >= 11 is 1.44. The predicted octanol–water partition coefficient (Wildman–Crippen LogP) is 3.31. The van der Waals surface area contributed by atoms with Gasteiger partial charge in [0.05, 0.1) is 5.39 Å². The molecule has 1 saturated carbocycles. The first kappa shape index (κ1) is 17.9. The average Bonchev–Trinajstić information content (AvgIpc) is 3.16. The first-order valence-corrected chi connectivity index (χ1v) is 10.1. The summed E-state index contributed by atoms with van der Waals surface area (Å²) in [5, 5.41) is 8.69. The van der Waals surface area contributed by atoms with Crippen molar-refractivity contribution in [3.05, 3.63) is 46.8 Å². The number of hydrogen-bond donors (Lipinski definition) is 0. The van der Waals surface area contributed by atoms with Crippen LogP contribution >= 0.6 is 11.3 Å². The molecule has 0 atom stereocenters. The minimum Gasteiger partial charge on any atom is -0.341 e. The van der Waals surface area contributed by atoms with Gasteiger partial charge in [-0.15, -0.1) is 16.4 Å². The fraction of sp³-hybridized carbons (Fsp3) is 0.400. The second kappa shape index (κ2) is 7.60. The van der Waals surface area contributed by atoms with Crippen LogP contribution in [0.3, 0.4) is 0 Å². The minimum atomic E-state index is -0.260. The van der Waals surface area contributed by atoms with Crippen molar-refractivity contribution < 1.29 is 4.79 Å². The molecule has 3 aromatic rings. The number of likely N-dealkylation sites (N-methyl/N-ethyl adjacent to an activating group) is 1. The van der Waals surface area contributed by atoms with E-state index in [9.17, 15) is 9.59 Å². The molecule has 1 aromatic carbocycles. The molecule has 0 saturated heterocycles. The third-order valence-electron chi connectivity index (χ3n) is 5.28. The summed E-state index contributed by atoms with van der Waals surface area (Å²) in [7, 11) is 1.83. The van der Waals surface area contributed by atoms with Crippen molar-refractivity contribution in [3.63, 3.8) is 0 Å². The summed E-state index contributed by atoms with van der Waals surface area (Å²) < 4.78 is 1.19. The van der Waals surface area contributed by atoms with Gasteiger partial charge in [0.25, 0.3) is 5.56 Å². The van der Waals surface area contributed by atoms with E-state index in [1.54, 1.807) is 4.90 Å². The van der Waals surface area contributed by atoms with Crippen LogP contribution < -0.4 is 5.56 Å². The number of fused-ring (bicyclic) bond motifs is 1. The van der Waals surface area contributed by atoms with E-state index in [1.165, 1.54) is 22.4 Å². The molecule has 140 valence electrons. The number of rotatable bonds is 4. The molecule has 6 nitrogen and oxygen atoms in total. The highest BCUT2D eigenvalue weighted by Crippen LogP contribution is 2.30. The lowest BCUT2D eigenvalue weighted by Gasteiger charge is -2.31. The Labute approximate surface area is 161 Å². The number of benzene rings is 1. The molecule has 7 heteroatoms. The van der Waals surface area contributed by atoms with E-state index >= 15 is 0 Å². The van der Waals surface area contributed by atoms with Gasteiger partial charge >= 0.3 is 0 Å². The molecule has 0 N–H and O–H groups in total. The number of thiophene rings is 1. The third-order valence-corrected chi connectivity index (χ3v) is 6.35. The summed E-state index contributed by atoms with van der Waals surface area (Å²) in [4.78, 5) is 28.8. The van der Waals surface area contributed by atoms with E-state index in [4.69, 9.17) is 0 Å². The number of nitrogens with zero attached hydrogens (tertiary/aromatic N) is 4. The molecule has 1 aliphatic carbocycles. The van der Waals surface area contributed by atoms with Crippen molar-refractivity contribution in [2.75, 3.05) is 7.05 Å². The highest BCUT2D eigenvalue weighted by Gasteiger charge is 2.23. The number of carbonyl (C=O) groups excluding carboxylic acids is 1. The standard InChI is InChI=1S/C20H22N4O2S/c1-23(15-10-6-3-7-11-15)18(25)13-24-20(26)16-12-17(27-19(16)21-22-24)14-8-4-2-5-9-14/h2,4-5,8-9,12,15H,3,6-7,10-11,13H2,1H3. The molecule has 4 rings (SSSR count). The normalized spacial score (nSPS) is 15.1. The molecule has 1 fully saturated rings. The molecule has 0 unspecified atom stereocenters. The van der Waals surface area contributed by atoms with Gasteiger partial charge < -0.3 is 4.90 Å². The number of aromatic nitrogens is 3. The molecular formula is C20H22N4O2S. The molecule has 0 bridgehead atoms. The molecule has 0 spiro atoms. The van der Waals surface area contributed by atoms with Crippen LogP contribution in [-0.2, 0) is 11.3 Å². The van der Waals surface area contributed by atoms with Crippen LogP contribution in [0.4, 0.5) is 0 Å². The SMILES string of the molecule is CN(C(=O)Cn1nnc2sc(-c3ccccc3)cc2c1=O)C1CCCCC1. The van der Waals surface area contributed by atoms with Crippen molar-refractivity contribution in [1.82, 2.24) is 19.9 Å². The summed E-state index contributed by atoms with van der Waals surface area (Å²) in [6.45, 7) is -0.0642. The molecule has 2 aromatic heterocycles. The lowest BCUT2D eigenvalue weighted by atomic mass is 9.94. The van der Waals surface area contributed by atoms with Gasteiger partial charge in [0.2, 0.25) is 5.91 Å². The van der Waals surface area contributed by atoms with Crippen LogP contribution in [0, 0.1) is 0 Å². The van der Waals surface area contributed by atoms with Crippen molar-refractivity contribution in [2.45, 2.75) is 44.7 Å². The van der Waals surface area contributed by atoms with Gasteiger partial charge in [-0.25, -0.2) is 4.68 Å². The largest absolute Gasteiger partial charge is 0.341 e. The highest BCUT2D eigenvalue weighted by molar-refractivity contribution is 7.21. The van der Waals surface area contributed by atoms with Gasteiger partial charge in [-0.3, -0.25) is 9.59 Å². The van der Waals surface area contributed by atoms with Crippen molar-refractivity contribution in [3.8, 4) is 10.4 Å². The Hall–Kier alpha value is -2.54. The Morgan fingerprint density at radius 2 is 1.96 bits per heavy atom. The molecular weight excluding hydrogens is 360 g/mol. The number of carbonyl (C=O) groups is 1. The summed E-state index contributed by atoms with van der Waals surface area (Å²) in [5.74, 6) is -0.0869. The fourth-order valence-electron chi connectivity index (χ4n) is 3.64. The Morgan fingerprint density at radius 3 is 2.70 bits per heavy atom. The zero-order valence-electron chi connectivity index (χ0n) is 15.3. The van der Waals surface area contributed by atoms with Crippen molar-refractivity contribution in [2.24, 2.45) is 0 Å². The Morgan fingerprint density at radius 1 is 1.22 bits per heavy atom. The van der Waals surface area contributed by atoms with Gasteiger partial charge in [0, 0.05) is 18.0 Å². The molecule has 2 heterocycles. The van der Waals surface area contributed by atoms with E-state index in [1.807, 2.05) is 43.4 Å². The summed E-state index contributed by atoms with van der Waals surface area (Å²) in [5.41, 5.74) is 0.781. The van der Waals surface area contributed by atoms with E-state index in [-0.39, 0.29) is 24.1 Å². The maximum absolute atomic E-state index is 12.8. The summed E-state index contributed by atoms with van der Waals surface area (Å²) in [6.07, 6.45) is 5.62. The van der Waals surface area contributed by atoms with Crippen LogP contribution in [-0.4, -0.2) is 38.9 Å². The van der Waals surface area contributed by atoms with Crippen molar-refractivity contribution >= 4 is 27.5 Å². The van der Waals surface area contributed by atoms with Crippen molar-refractivity contribution in [1.29, 1.82) is 0 Å². The maximum atomic E-state index is 12.8. The van der Waals surface area contributed by atoms with E-state index in [2.05, 4.69) is 10.3 Å². The van der Waals surface area contributed by atoms with Crippen LogP contribution in [0.1, 0.15) is 32.1 Å². The smallest absolute Gasteiger partial charge is 0.279 e. The van der Waals surface area contributed by atoms with Gasteiger partial charge in [0.1, 0.15) is 6.54 Å². The van der Waals surface area contributed by atoms with Crippen LogP contribution in [0.5, 0.6) is 0 Å². The Bertz CT molecular complexity index is 1010. The topological polar surface area (TPSA) is 68.1 Å². The predicted molar refractivity (Wildman–Crippen MR) is 107 cm³/mol. The highest BCUT2D eigenvalue weighted by atomic mass is 32.1. The lowest BCUT2D eigenvalue weighted by Crippen LogP contribution is -2.42. The van der Waals surface area contributed by atoms with Crippen LogP contribution in [0.15, 0.2) is 41.2 Å². The molecule has 0 radical (unpaired) electrons. The fourth-order valence-corrected chi connectivity index (χ4v) is 4.62. The average molecular weight is 382 g/mol. The second-order valence-electron chi connectivity index (χ2n) is 7.04. The van der Waals surface area contributed by atoms with Gasteiger partial charge in [-0.1, -0.05) is 54.8 Å². The van der Waals surface area contributed by atoms with E-state index in [0.717, 1.165) is 36.1 Å². The number of amides is 1. The monoisotopic (exact) mass is 382 g/mol. The maximum Gasteiger partial charge on any atom is 0.279 e. The zero-order chi connectivity index (χ0) is 18.8. The third kappa shape index (κ3) is 3.64. The first-order valence-electron chi connectivity index (χ1n) is 9.32. The lowest BCUT2D eigenvalue weighted by molar-refractivity contribution is -0.133. The number of hydrogen-bond acceptors (Lipinski definition) is 5. The van der Waals surface area contributed by atoms with E-state index < -0.39 is 0 Å². The Kier molecular flexibility index (Phi) is 5.03. The van der Waals surface area contributed by atoms with Gasteiger partial charge in [-0.2, -0.15) is 0 Å². The van der Waals surface area contributed by atoms with Crippen LogP contribution in [0.2, 0.25) is 0 Å².